The summed E-state index contributed by atoms with van der Waals surface area (Å²) in [5.41, 5.74) is 5.63. The van der Waals surface area contributed by atoms with Crippen LogP contribution in [0.2, 0.25) is 0 Å². The first-order valence-electron chi connectivity index (χ1n) is 4.27. The molecule has 1 amide bonds. The van der Waals surface area contributed by atoms with Crippen LogP contribution in [0.4, 0.5) is 0 Å². The Morgan fingerprint density at radius 3 is 2.82 bits per heavy atom. The molecule has 0 heterocycles. The first-order chi connectivity index (χ1) is 5.24. The normalized spacial score (nSPS) is 19.5. The standard InChI is InChI=1S/C8H16N2O/c1-2-10-8(11)7(9)5-6-3-4-6/h6-7H,2-5,9H2,1H3,(H,10,11)/t7-/m1/s1. The van der Waals surface area contributed by atoms with Crippen LogP contribution >= 0.6 is 0 Å². The van der Waals surface area contributed by atoms with E-state index in [0.29, 0.717) is 6.54 Å². The van der Waals surface area contributed by atoms with Crippen LogP contribution in [0.15, 0.2) is 0 Å². The molecule has 1 atom stereocenters. The summed E-state index contributed by atoms with van der Waals surface area (Å²) in [6.07, 6.45) is 3.38. The second-order valence-corrected chi connectivity index (χ2v) is 3.18. The SMILES string of the molecule is CCNC(=O)[C@H](N)CC1CC1. The molecule has 3 N–H and O–H groups in total. The maximum Gasteiger partial charge on any atom is 0.236 e. The van der Waals surface area contributed by atoms with Crippen molar-refractivity contribution in [1.82, 2.24) is 5.32 Å². The van der Waals surface area contributed by atoms with E-state index in [4.69, 9.17) is 5.73 Å². The number of likely N-dealkylation sites (N-methyl/N-ethyl adjacent to an activating group) is 1. The Kier molecular flexibility index (Phi) is 2.88. The molecule has 0 aromatic carbocycles. The van der Waals surface area contributed by atoms with Gasteiger partial charge in [0.25, 0.3) is 0 Å². The van der Waals surface area contributed by atoms with Crippen molar-refractivity contribution >= 4 is 5.91 Å². The van der Waals surface area contributed by atoms with Gasteiger partial charge in [-0.25, -0.2) is 0 Å². The highest BCUT2D eigenvalue weighted by molar-refractivity contribution is 5.81. The van der Waals surface area contributed by atoms with Gasteiger partial charge in [0.2, 0.25) is 5.91 Å². The minimum atomic E-state index is -0.276. The maximum absolute atomic E-state index is 11.1. The van der Waals surface area contributed by atoms with Crippen LogP contribution in [0, 0.1) is 5.92 Å². The van der Waals surface area contributed by atoms with Crippen LogP contribution in [0.25, 0.3) is 0 Å². The summed E-state index contributed by atoms with van der Waals surface area (Å²) in [6.45, 7) is 2.58. The Hall–Kier alpha value is -0.570. The molecule has 1 rings (SSSR count). The predicted octanol–water partition coefficient (Wildman–Crippen LogP) is 0.250. The lowest BCUT2D eigenvalue weighted by atomic mass is 10.1. The second kappa shape index (κ2) is 3.72. The summed E-state index contributed by atoms with van der Waals surface area (Å²) in [7, 11) is 0. The minimum absolute atomic E-state index is 0.000556. The summed E-state index contributed by atoms with van der Waals surface area (Å²) in [6, 6.07) is -0.276. The monoisotopic (exact) mass is 156 g/mol. The van der Waals surface area contributed by atoms with Crippen molar-refractivity contribution in [3.63, 3.8) is 0 Å². The smallest absolute Gasteiger partial charge is 0.236 e. The summed E-state index contributed by atoms with van der Waals surface area (Å²) in [4.78, 5) is 11.1. The number of hydrogen-bond acceptors (Lipinski definition) is 2. The third kappa shape index (κ3) is 2.89. The van der Waals surface area contributed by atoms with Crippen LogP contribution in [0.1, 0.15) is 26.2 Å². The van der Waals surface area contributed by atoms with Crippen LogP contribution in [0.3, 0.4) is 0 Å². The Morgan fingerprint density at radius 2 is 2.36 bits per heavy atom. The van der Waals surface area contributed by atoms with Crippen LogP contribution in [-0.4, -0.2) is 18.5 Å². The molecule has 3 heteroatoms. The zero-order chi connectivity index (χ0) is 8.27. The average molecular weight is 156 g/mol. The second-order valence-electron chi connectivity index (χ2n) is 3.18. The van der Waals surface area contributed by atoms with E-state index < -0.39 is 0 Å². The van der Waals surface area contributed by atoms with Gasteiger partial charge in [-0.1, -0.05) is 12.8 Å². The molecule has 1 aliphatic carbocycles. The molecule has 1 fully saturated rings. The van der Waals surface area contributed by atoms with Crippen molar-refractivity contribution in [2.75, 3.05) is 6.54 Å². The number of rotatable bonds is 4. The van der Waals surface area contributed by atoms with Gasteiger partial charge in [0, 0.05) is 6.54 Å². The van der Waals surface area contributed by atoms with Gasteiger partial charge < -0.3 is 11.1 Å². The molecule has 1 saturated carbocycles. The molecule has 3 nitrogen and oxygen atoms in total. The Labute approximate surface area is 67.3 Å². The quantitative estimate of drug-likeness (QED) is 0.613. The topological polar surface area (TPSA) is 55.1 Å². The van der Waals surface area contributed by atoms with Crippen molar-refractivity contribution in [1.29, 1.82) is 0 Å². The molecule has 0 aromatic heterocycles. The lowest BCUT2D eigenvalue weighted by Gasteiger charge is -2.09. The third-order valence-electron chi connectivity index (χ3n) is 1.97. The first-order valence-corrected chi connectivity index (χ1v) is 4.27. The van der Waals surface area contributed by atoms with Gasteiger partial charge >= 0.3 is 0 Å². The number of amides is 1. The van der Waals surface area contributed by atoms with Crippen molar-refractivity contribution in [2.45, 2.75) is 32.2 Å². The van der Waals surface area contributed by atoms with Crippen molar-refractivity contribution in [3.05, 3.63) is 0 Å². The van der Waals surface area contributed by atoms with E-state index in [1.165, 1.54) is 12.8 Å². The van der Waals surface area contributed by atoms with Crippen LogP contribution in [0.5, 0.6) is 0 Å². The highest BCUT2D eigenvalue weighted by atomic mass is 16.2. The number of nitrogens with one attached hydrogen (secondary N) is 1. The van der Waals surface area contributed by atoms with E-state index in [-0.39, 0.29) is 11.9 Å². The number of carbonyl (C=O) groups excluding carboxylic acids is 1. The van der Waals surface area contributed by atoms with Crippen LogP contribution in [-0.2, 0) is 4.79 Å². The fourth-order valence-corrected chi connectivity index (χ4v) is 1.13. The summed E-state index contributed by atoms with van der Waals surface area (Å²) >= 11 is 0. The van der Waals surface area contributed by atoms with Gasteiger partial charge in [0.15, 0.2) is 0 Å². The fraction of sp³-hybridized carbons (Fsp3) is 0.875. The number of nitrogens with two attached hydrogens (primary N) is 1. The van der Waals surface area contributed by atoms with Crippen molar-refractivity contribution in [2.24, 2.45) is 11.7 Å². The van der Waals surface area contributed by atoms with Gasteiger partial charge in [-0.2, -0.15) is 0 Å². The molecule has 1 aliphatic rings. The first kappa shape index (κ1) is 8.53. The van der Waals surface area contributed by atoms with E-state index in [0.717, 1.165) is 12.3 Å². The molecule has 0 spiro atoms. The molecule has 0 radical (unpaired) electrons. The zero-order valence-electron chi connectivity index (χ0n) is 6.97. The Morgan fingerprint density at radius 1 is 1.73 bits per heavy atom. The molecule has 64 valence electrons. The summed E-state index contributed by atoms with van der Waals surface area (Å²) in [5, 5.41) is 2.71. The van der Waals surface area contributed by atoms with E-state index in [9.17, 15) is 4.79 Å². The summed E-state index contributed by atoms with van der Waals surface area (Å²) in [5.74, 6) is 0.729. The van der Waals surface area contributed by atoms with E-state index in [1.54, 1.807) is 0 Å². The number of carbonyl (C=O) groups is 1. The largest absolute Gasteiger partial charge is 0.355 e. The molecule has 0 bridgehead atoms. The lowest BCUT2D eigenvalue weighted by Crippen LogP contribution is -2.40. The molecule has 0 unspecified atom stereocenters. The van der Waals surface area contributed by atoms with Crippen molar-refractivity contribution < 1.29 is 4.79 Å². The number of hydrogen-bond donors (Lipinski definition) is 2. The molecular formula is C8H16N2O. The highest BCUT2D eigenvalue weighted by Crippen LogP contribution is 2.32. The van der Waals surface area contributed by atoms with Gasteiger partial charge in [-0.3, -0.25) is 4.79 Å². The van der Waals surface area contributed by atoms with Crippen LogP contribution < -0.4 is 11.1 Å². The molecule has 0 aromatic rings. The highest BCUT2D eigenvalue weighted by Gasteiger charge is 2.26. The van der Waals surface area contributed by atoms with Gasteiger partial charge in [0.05, 0.1) is 6.04 Å². The lowest BCUT2D eigenvalue weighted by molar-refractivity contribution is -0.122. The van der Waals surface area contributed by atoms with Gasteiger partial charge in [-0.05, 0) is 19.3 Å². The maximum atomic E-state index is 11.1. The molecule has 0 aliphatic heterocycles. The Bertz CT molecular complexity index is 143. The van der Waals surface area contributed by atoms with E-state index >= 15 is 0 Å². The van der Waals surface area contributed by atoms with Crippen molar-refractivity contribution in [3.8, 4) is 0 Å². The minimum Gasteiger partial charge on any atom is -0.355 e. The van der Waals surface area contributed by atoms with Gasteiger partial charge in [0.1, 0.15) is 0 Å². The Balaban J connectivity index is 2.15. The van der Waals surface area contributed by atoms with E-state index in [2.05, 4.69) is 5.32 Å². The van der Waals surface area contributed by atoms with Gasteiger partial charge in [-0.15, -0.1) is 0 Å². The molecular weight excluding hydrogens is 140 g/mol. The molecule has 11 heavy (non-hydrogen) atoms. The molecule has 0 saturated heterocycles. The average Bonchev–Trinajstić information content (AvgIpc) is 2.72. The predicted molar refractivity (Wildman–Crippen MR) is 44.0 cm³/mol. The fourth-order valence-electron chi connectivity index (χ4n) is 1.13. The van der Waals surface area contributed by atoms with E-state index in [1.807, 2.05) is 6.92 Å². The summed E-state index contributed by atoms with van der Waals surface area (Å²) < 4.78 is 0. The third-order valence-corrected chi connectivity index (χ3v) is 1.97. The zero-order valence-corrected chi connectivity index (χ0v) is 6.97.